The van der Waals surface area contributed by atoms with Crippen LogP contribution in [0.3, 0.4) is 0 Å². The summed E-state index contributed by atoms with van der Waals surface area (Å²) in [6.45, 7) is 1.26. The van der Waals surface area contributed by atoms with Gasteiger partial charge in [0, 0.05) is 12.3 Å². The van der Waals surface area contributed by atoms with E-state index in [0.717, 1.165) is 37.5 Å². The highest BCUT2D eigenvalue weighted by Gasteiger charge is 2.25. The van der Waals surface area contributed by atoms with Crippen molar-refractivity contribution in [2.24, 2.45) is 0 Å². The number of aromatic nitrogens is 2. The standard InChI is InChI=1S/C18H20FN3O2S/c19-15-9-20-18(21-10-15)24-16-7-4-8-22(11-16)17(23)13-25-12-14-5-2-1-3-6-14/h1-3,5-6,9-10,16H,4,7-8,11-13H2. The molecule has 25 heavy (non-hydrogen) atoms. The Hall–Kier alpha value is -2.15. The Morgan fingerprint density at radius 1 is 1.28 bits per heavy atom. The second-order valence-electron chi connectivity index (χ2n) is 5.88. The zero-order valence-corrected chi connectivity index (χ0v) is 14.6. The number of nitrogens with zero attached hydrogens (tertiary/aromatic N) is 3. The van der Waals surface area contributed by atoms with E-state index in [0.29, 0.717) is 12.3 Å². The highest BCUT2D eigenvalue weighted by atomic mass is 32.2. The highest BCUT2D eigenvalue weighted by molar-refractivity contribution is 7.99. The summed E-state index contributed by atoms with van der Waals surface area (Å²) in [7, 11) is 0. The minimum absolute atomic E-state index is 0.120. The minimum atomic E-state index is -0.497. The summed E-state index contributed by atoms with van der Waals surface area (Å²) >= 11 is 1.62. The minimum Gasteiger partial charge on any atom is -0.458 e. The van der Waals surface area contributed by atoms with E-state index in [2.05, 4.69) is 22.1 Å². The fraction of sp³-hybridized carbons (Fsp3) is 0.389. The Labute approximate surface area is 150 Å². The maximum Gasteiger partial charge on any atom is 0.316 e. The molecule has 2 heterocycles. The van der Waals surface area contributed by atoms with Crippen LogP contribution < -0.4 is 4.74 Å². The quantitative estimate of drug-likeness (QED) is 0.792. The lowest BCUT2D eigenvalue weighted by Gasteiger charge is -2.32. The largest absolute Gasteiger partial charge is 0.458 e. The van der Waals surface area contributed by atoms with Gasteiger partial charge in [0.25, 0.3) is 0 Å². The molecule has 7 heteroatoms. The second kappa shape index (κ2) is 8.80. The van der Waals surface area contributed by atoms with Crippen LogP contribution >= 0.6 is 11.8 Å². The normalized spacial score (nSPS) is 17.3. The van der Waals surface area contributed by atoms with Crippen molar-refractivity contribution in [3.8, 4) is 6.01 Å². The van der Waals surface area contributed by atoms with Gasteiger partial charge in [0.05, 0.1) is 24.7 Å². The van der Waals surface area contributed by atoms with Crippen LogP contribution in [0.15, 0.2) is 42.7 Å². The lowest BCUT2D eigenvalue weighted by atomic mass is 10.1. The molecule has 0 bridgehead atoms. The molecule has 132 valence electrons. The van der Waals surface area contributed by atoms with Gasteiger partial charge in [0.2, 0.25) is 5.91 Å². The number of likely N-dealkylation sites (tertiary alicyclic amines) is 1. The van der Waals surface area contributed by atoms with Crippen molar-refractivity contribution in [2.75, 3.05) is 18.8 Å². The van der Waals surface area contributed by atoms with Gasteiger partial charge >= 0.3 is 6.01 Å². The van der Waals surface area contributed by atoms with Crippen LogP contribution in [-0.2, 0) is 10.5 Å². The van der Waals surface area contributed by atoms with Gasteiger partial charge in [-0.25, -0.2) is 14.4 Å². The Morgan fingerprint density at radius 3 is 2.80 bits per heavy atom. The average Bonchev–Trinajstić information content (AvgIpc) is 2.65. The number of halogens is 1. The summed E-state index contributed by atoms with van der Waals surface area (Å²) < 4.78 is 18.5. The first-order chi connectivity index (χ1) is 12.2. The summed E-state index contributed by atoms with van der Waals surface area (Å²) in [6.07, 6.45) is 3.72. The van der Waals surface area contributed by atoms with E-state index < -0.39 is 5.82 Å². The van der Waals surface area contributed by atoms with E-state index in [-0.39, 0.29) is 18.0 Å². The number of piperidine rings is 1. The number of ether oxygens (including phenoxy) is 1. The molecule has 1 aromatic carbocycles. The maximum absolute atomic E-state index is 12.8. The summed E-state index contributed by atoms with van der Waals surface area (Å²) in [5.41, 5.74) is 1.22. The van der Waals surface area contributed by atoms with Gasteiger partial charge in [-0.2, -0.15) is 0 Å². The van der Waals surface area contributed by atoms with Crippen molar-refractivity contribution in [1.29, 1.82) is 0 Å². The molecule has 0 aliphatic carbocycles. The second-order valence-corrected chi connectivity index (χ2v) is 6.87. The first-order valence-electron chi connectivity index (χ1n) is 8.24. The van der Waals surface area contributed by atoms with E-state index in [4.69, 9.17) is 4.74 Å². The van der Waals surface area contributed by atoms with Gasteiger partial charge in [-0.05, 0) is 18.4 Å². The Balaban J connectivity index is 1.45. The predicted octanol–water partition coefficient (Wildman–Crippen LogP) is 2.92. The average molecular weight is 361 g/mol. The fourth-order valence-electron chi connectivity index (χ4n) is 2.69. The third kappa shape index (κ3) is 5.42. The van der Waals surface area contributed by atoms with Gasteiger partial charge in [0.1, 0.15) is 6.10 Å². The smallest absolute Gasteiger partial charge is 0.316 e. The van der Waals surface area contributed by atoms with E-state index >= 15 is 0 Å². The number of benzene rings is 1. The monoisotopic (exact) mass is 361 g/mol. The van der Waals surface area contributed by atoms with Crippen LogP contribution in [0.2, 0.25) is 0 Å². The molecule has 2 aromatic rings. The first kappa shape index (κ1) is 17.7. The lowest BCUT2D eigenvalue weighted by Crippen LogP contribution is -2.45. The van der Waals surface area contributed by atoms with Gasteiger partial charge < -0.3 is 9.64 Å². The molecule has 0 radical (unpaired) electrons. The van der Waals surface area contributed by atoms with E-state index in [1.54, 1.807) is 11.8 Å². The third-order valence-corrected chi connectivity index (χ3v) is 4.93. The number of carbonyl (C=O) groups is 1. The van der Waals surface area contributed by atoms with Crippen LogP contribution in [0.1, 0.15) is 18.4 Å². The molecule has 0 spiro atoms. The molecule has 1 aliphatic rings. The third-order valence-electron chi connectivity index (χ3n) is 3.94. The van der Waals surface area contributed by atoms with Crippen molar-refractivity contribution in [3.63, 3.8) is 0 Å². The van der Waals surface area contributed by atoms with Crippen molar-refractivity contribution in [2.45, 2.75) is 24.7 Å². The Kier molecular flexibility index (Phi) is 6.22. The Bertz CT molecular complexity index is 684. The zero-order chi connectivity index (χ0) is 17.5. The lowest BCUT2D eigenvalue weighted by molar-refractivity contribution is -0.131. The van der Waals surface area contributed by atoms with Crippen molar-refractivity contribution in [3.05, 3.63) is 54.1 Å². The van der Waals surface area contributed by atoms with Crippen LogP contribution in [0.25, 0.3) is 0 Å². The predicted molar refractivity (Wildman–Crippen MR) is 94.8 cm³/mol. The maximum atomic E-state index is 12.8. The van der Waals surface area contributed by atoms with Crippen molar-refractivity contribution < 1.29 is 13.9 Å². The summed E-state index contributed by atoms with van der Waals surface area (Å²) in [5.74, 6) is 0.899. The molecule has 1 aromatic heterocycles. The van der Waals surface area contributed by atoms with E-state index in [1.807, 2.05) is 23.1 Å². The molecule has 1 unspecified atom stereocenters. The molecule has 1 saturated heterocycles. The molecular weight excluding hydrogens is 341 g/mol. The number of amides is 1. The van der Waals surface area contributed by atoms with Crippen molar-refractivity contribution >= 4 is 17.7 Å². The number of hydrogen-bond acceptors (Lipinski definition) is 5. The number of rotatable bonds is 6. The van der Waals surface area contributed by atoms with Gasteiger partial charge in [-0.15, -0.1) is 11.8 Å². The van der Waals surface area contributed by atoms with Crippen molar-refractivity contribution in [1.82, 2.24) is 14.9 Å². The molecule has 5 nitrogen and oxygen atoms in total. The van der Waals surface area contributed by atoms with Crippen LogP contribution in [0.5, 0.6) is 6.01 Å². The SMILES string of the molecule is O=C(CSCc1ccccc1)N1CCCC(Oc2ncc(F)cn2)C1. The molecule has 1 atom stereocenters. The highest BCUT2D eigenvalue weighted by Crippen LogP contribution is 2.18. The van der Waals surface area contributed by atoms with Gasteiger partial charge in [-0.1, -0.05) is 30.3 Å². The zero-order valence-electron chi connectivity index (χ0n) is 13.8. The van der Waals surface area contributed by atoms with Crippen LogP contribution in [0.4, 0.5) is 4.39 Å². The molecule has 1 fully saturated rings. The molecule has 3 rings (SSSR count). The molecule has 0 saturated carbocycles. The summed E-state index contributed by atoms with van der Waals surface area (Å²) in [5, 5.41) is 0. The van der Waals surface area contributed by atoms with Crippen LogP contribution in [-0.4, -0.2) is 45.7 Å². The summed E-state index contributed by atoms with van der Waals surface area (Å²) in [6, 6.07) is 10.3. The number of thioether (sulfide) groups is 1. The first-order valence-corrected chi connectivity index (χ1v) is 9.40. The summed E-state index contributed by atoms with van der Waals surface area (Å²) in [4.78, 5) is 21.8. The van der Waals surface area contributed by atoms with Crippen LogP contribution in [0, 0.1) is 5.82 Å². The van der Waals surface area contributed by atoms with E-state index in [1.165, 1.54) is 5.56 Å². The Morgan fingerprint density at radius 2 is 2.04 bits per heavy atom. The number of carbonyl (C=O) groups excluding carboxylic acids is 1. The molecule has 1 amide bonds. The molecular formula is C18H20FN3O2S. The molecule has 0 N–H and O–H groups in total. The van der Waals surface area contributed by atoms with Gasteiger partial charge in [-0.3, -0.25) is 4.79 Å². The van der Waals surface area contributed by atoms with Gasteiger partial charge in [0.15, 0.2) is 5.82 Å². The molecule has 1 aliphatic heterocycles. The topological polar surface area (TPSA) is 55.3 Å². The fourth-order valence-corrected chi connectivity index (χ4v) is 3.58. The van der Waals surface area contributed by atoms with E-state index in [9.17, 15) is 9.18 Å². The number of hydrogen-bond donors (Lipinski definition) is 0.